The molecule has 1 aliphatic heterocycles. The Labute approximate surface area is 201 Å². The van der Waals surface area contributed by atoms with Crippen LogP contribution in [0.2, 0.25) is 0 Å². The number of carbonyl (C=O) groups is 2. The molecule has 34 heavy (non-hydrogen) atoms. The predicted octanol–water partition coefficient (Wildman–Crippen LogP) is 5.98. The number of hydrogen-bond donors (Lipinski definition) is 2. The molecule has 1 atom stereocenters. The number of unbranched alkanes of at least 4 members (excludes halogenated alkanes) is 1. The van der Waals surface area contributed by atoms with Crippen LogP contribution in [0.25, 0.3) is 21.5 Å². The summed E-state index contributed by atoms with van der Waals surface area (Å²) < 4.78 is 0. The number of rotatable bonds is 7. The first-order valence-corrected chi connectivity index (χ1v) is 12.2. The van der Waals surface area contributed by atoms with Crippen LogP contribution in [0.3, 0.4) is 0 Å². The molecule has 2 aromatic carbocycles. The van der Waals surface area contributed by atoms with E-state index in [1.807, 2.05) is 67.7 Å². The number of aliphatic hydroxyl groups is 1. The number of aryl methyl sites for hydroxylation is 1. The molecule has 1 aliphatic rings. The number of hydrogen-bond acceptors (Lipinski definition) is 5. The normalized spacial score (nSPS) is 16.1. The van der Waals surface area contributed by atoms with Crippen molar-refractivity contribution >= 4 is 33.9 Å². The maximum absolute atomic E-state index is 13.9. The number of carbonyl (C=O) groups excluding carboxylic acids is 2. The monoisotopic (exact) mass is 471 g/mol. The molecule has 0 radical (unpaired) electrons. The Morgan fingerprint density at radius 2 is 1.88 bits per heavy atom. The third-order valence-corrected chi connectivity index (χ3v) is 7.45. The number of para-hydroxylation sites is 1. The van der Waals surface area contributed by atoms with Crippen molar-refractivity contribution in [3.63, 3.8) is 0 Å². The first kappa shape index (κ1) is 22.1. The maximum atomic E-state index is 13.9. The number of fused-ring (bicyclic) bond motifs is 1. The Hall–Kier alpha value is -3.71. The van der Waals surface area contributed by atoms with Gasteiger partial charge < -0.3 is 15.0 Å². The Balaban J connectivity index is 1.62. The van der Waals surface area contributed by atoms with Gasteiger partial charge >= 0.3 is 0 Å². The van der Waals surface area contributed by atoms with Crippen LogP contribution in [0.5, 0.6) is 0 Å². The molecule has 0 saturated carbocycles. The molecule has 0 bridgehead atoms. The van der Waals surface area contributed by atoms with Crippen LogP contribution in [0.1, 0.15) is 46.7 Å². The van der Waals surface area contributed by atoms with Gasteiger partial charge in [0, 0.05) is 34.8 Å². The second-order valence-electron chi connectivity index (χ2n) is 8.44. The Bertz CT molecular complexity index is 1420. The van der Waals surface area contributed by atoms with E-state index in [4.69, 9.17) is 0 Å². The van der Waals surface area contributed by atoms with E-state index in [0.29, 0.717) is 17.1 Å². The smallest absolute Gasteiger partial charge is 0.290 e. The highest BCUT2D eigenvalue weighted by molar-refractivity contribution is 7.17. The van der Waals surface area contributed by atoms with Gasteiger partial charge in [-0.3, -0.25) is 9.59 Å². The van der Waals surface area contributed by atoms with E-state index in [1.54, 1.807) is 11.8 Å². The van der Waals surface area contributed by atoms with Gasteiger partial charge in [0.15, 0.2) is 5.76 Å². The molecule has 1 amide bonds. The molecule has 4 aromatic rings. The summed E-state index contributed by atoms with van der Waals surface area (Å²) in [6.07, 6.45) is 3.50. The largest absolute Gasteiger partial charge is 0.503 e. The highest BCUT2D eigenvalue weighted by atomic mass is 32.1. The van der Waals surface area contributed by atoms with E-state index in [-0.39, 0.29) is 11.4 Å². The number of amides is 1. The lowest BCUT2D eigenvalue weighted by atomic mass is 9.94. The molecule has 3 heterocycles. The van der Waals surface area contributed by atoms with Crippen LogP contribution in [-0.4, -0.2) is 38.2 Å². The standard InChI is InChI=1S/C27H25N3O3S/c1-3-4-14-30-22(19-15-28-20-13-9-8-12-18(19)20)21(24(32)27(30)33)23(31)25-16(2)29-26(34-25)17-10-6-5-7-11-17/h5-13,15,22,28,32H,3-4,14H2,1-2H3. The second-order valence-corrected chi connectivity index (χ2v) is 9.43. The van der Waals surface area contributed by atoms with Crippen molar-refractivity contribution in [3.05, 3.63) is 88.3 Å². The van der Waals surface area contributed by atoms with Gasteiger partial charge in [-0.2, -0.15) is 0 Å². The number of nitrogens with zero attached hydrogens (tertiary/aromatic N) is 2. The Kier molecular flexibility index (Phi) is 5.79. The minimum absolute atomic E-state index is 0.122. The average molecular weight is 472 g/mol. The van der Waals surface area contributed by atoms with Crippen LogP contribution in [-0.2, 0) is 4.79 Å². The zero-order chi connectivity index (χ0) is 23.8. The van der Waals surface area contributed by atoms with Gasteiger partial charge in [-0.15, -0.1) is 11.3 Å². The van der Waals surface area contributed by atoms with Crippen molar-refractivity contribution in [3.8, 4) is 10.6 Å². The summed E-state index contributed by atoms with van der Waals surface area (Å²) >= 11 is 1.29. The minimum atomic E-state index is -0.663. The zero-order valence-corrected chi connectivity index (χ0v) is 19.9. The van der Waals surface area contributed by atoms with E-state index in [2.05, 4.69) is 9.97 Å². The number of nitrogens with one attached hydrogen (secondary N) is 1. The Morgan fingerprint density at radius 3 is 2.65 bits per heavy atom. The van der Waals surface area contributed by atoms with Crippen molar-refractivity contribution < 1.29 is 14.7 Å². The average Bonchev–Trinajstić information content (AvgIpc) is 3.52. The fourth-order valence-electron chi connectivity index (χ4n) is 4.52. The highest BCUT2D eigenvalue weighted by Crippen LogP contribution is 2.43. The molecule has 5 rings (SSSR count). The van der Waals surface area contributed by atoms with Crippen molar-refractivity contribution in [2.75, 3.05) is 6.54 Å². The molecule has 0 fully saturated rings. The van der Waals surface area contributed by atoms with Crippen LogP contribution in [0, 0.1) is 6.92 Å². The molecule has 6 nitrogen and oxygen atoms in total. The number of ketones is 1. The maximum Gasteiger partial charge on any atom is 0.290 e. The lowest BCUT2D eigenvalue weighted by Crippen LogP contribution is -2.32. The number of thiazole rings is 1. The van der Waals surface area contributed by atoms with Gasteiger partial charge in [0.2, 0.25) is 5.78 Å². The summed E-state index contributed by atoms with van der Waals surface area (Å²) in [5.74, 6) is -1.32. The molecular formula is C27H25N3O3S. The van der Waals surface area contributed by atoms with Crippen LogP contribution in [0.4, 0.5) is 0 Å². The molecule has 0 spiro atoms. The second kappa shape index (κ2) is 8.91. The summed E-state index contributed by atoms with van der Waals surface area (Å²) in [6, 6.07) is 16.8. The third-order valence-electron chi connectivity index (χ3n) is 6.24. The van der Waals surface area contributed by atoms with Gasteiger partial charge in [0.25, 0.3) is 5.91 Å². The number of aliphatic hydroxyl groups excluding tert-OH is 1. The zero-order valence-electron chi connectivity index (χ0n) is 19.0. The van der Waals surface area contributed by atoms with Crippen molar-refractivity contribution in [1.29, 1.82) is 0 Å². The fourth-order valence-corrected chi connectivity index (χ4v) is 5.55. The lowest BCUT2D eigenvalue weighted by molar-refractivity contribution is -0.129. The van der Waals surface area contributed by atoms with Gasteiger partial charge in [0.1, 0.15) is 5.01 Å². The van der Waals surface area contributed by atoms with Crippen LogP contribution >= 0.6 is 11.3 Å². The quantitative estimate of drug-likeness (QED) is 0.325. The van der Waals surface area contributed by atoms with Crippen LogP contribution in [0.15, 0.2) is 72.1 Å². The van der Waals surface area contributed by atoms with Crippen molar-refractivity contribution in [2.45, 2.75) is 32.7 Å². The molecular weight excluding hydrogens is 446 g/mol. The van der Waals surface area contributed by atoms with Crippen LogP contribution < -0.4 is 0 Å². The lowest BCUT2D eigenvalue weighted by Gasteiger charge is -2.26. The van der Waals surface area contributed by atoms with Gasteiger partial charge in [-0.1, -0.05) is 61.9 Å². The summed E-state index contributed by atoms with van der Waals surface area (Å²) in [6.45, 7) is 4.30. The number of aromatic amines is 1. The first-order chi connectivity index (χ1) is 16.5. The summed E-state index contributed by atoms with van der Waals surface area (Å²) in [5.41, 5.74) is 3.36. The first-order valence-electron chi connectivity index (χ1n) is 11.4. The van der Waals surface area contributed by atoms with Gasteiger partial charge in [-0.05, 0) is 19.4 Å². The van der Waals surface area contributed by atoms with E-state index < -0.39 is 17.7 Å². The fraction of sp³-hybridized carbons (Fsp3) is 0.222. The minimum Gasteiger partial charge on any atom is -0.503 e. The molecule has 2 aromatic heterocycles. The molecule has 0 saturated heterocycles. The van der Waals surface area contributed by atoms with E-state index in [9.17, 15) is 14.7 Å². The molecule has 172 valence electrons. The van der Waals surface area contributed by atoms with Gasteiger partial charge in [0.05, 0.1) is 22.2 Å². The number of H-pyrrole nitrogens is 1. The molecule has 7 heteroatoms. The number of Topliss-reactive ketones (excluding diaryl/α,β-unsaturated/α-hetero) is 1. The number of aromatic nitrogens is 2. The highest BCUT2D eigenvalue weighted by Gasteiger charge is 2.45. The van der Waals surface area contributed by atoms with Crippen molar-refractivity contribution in [1.82, 2.24) is 14.9 Å². The topological polar surface area (TPSA) is 86.3 Å². The third kappa shape index (κ3) is 3.62. The van der Waals surface area contributed by atoms with Gasteiger partial charge in [-0.25, -0.2) is 4.98 Å². The summed E-state index contributed by atoms with van der Waals surface area (Å²) in [4.78, 5) is 37.0. The number of benzene rings is 2. The van der Waals surface area contributed by atoms with E-state index in [1.165, 1.54) is 11.3 Å². The van der Waals surface area contributed by atoms with E-state index in [0.717, 1.165) is 39.9 Å². The molecule has 2 N–H and O–H groups in total. The summed E-state index contributed by atoms with van der Waals surface area (Å²) in [7, 11) is 0. The molecule has 0 aliphatic carbocycles. The predicted molar refractivity (Wildman–Crippen MR) is 134 cm³/mol. The molecule has 1 unspecified atom stereocenters. The SMILES string of the molecule is CCCCN1C(=O)C(O)=C(C(=O)c2sc(-c3ccccc3)nc2C)C1c1c[nH]c2ccccc12. The summed E-state index contributed by atoms with van der Waals surface area (Å²) in [5, 5.41) is 12.6. The Morgan fingerprint density at radius 1 is 1.15 bits per heavy atom. The van der Waals surface area contributed by atoms with Crippen molar-refractivity contribution in [2.24, 2.45) is 0 Å². The van der Waals surface area contributed by atoms with E-state index >= 15 is 0 Å².